The topological polar surface area (TPSA) is 79.4 Å². The molecule has 1 saturated heterocycles. The quantitative estimate of drug-likeness (QED) is 0.694. The Morgan fingerprint density at radius 1 is 0.966 bits per heavy atom. The van der Waals surface area contributed by atoms with Crippen LogP contribution >= 0.6 is 0 Å². The summed E-state index contributed by atoms with van der Waals surface area (Å²) >= 11 is 0. The van der Waals surface area contributed by atoms with Crippen LogP contribution in [-0.2, 0) is 4.74 Å². The van der Waals surface area contributed by atoms with E-state index in [0.717, 1.165) is 48.9 Å². The number of para-hydroxylation sites is 3. The van der Waals surface area contributed by atoms with Gasteiger partial charge in [-0.15, -0.1) is 0 Å². The molecule has 148 valence electrons. The molecule has 0 radical (unpaired) electrons. The van der Waals surface area contributed by atoms with E-state index in [1.807, 2.05) is 49.4 Å². The van der Waals surface area contributed by atoms with E-state index in [1.54, 1.807) is 6.20 Å². The van der Waals surface area contributed by atoms with Gasteiger partial charge in [0.1, 0.15) is 11.5 Å². The Bertz CT molecular complexity index is 985. The lowest BCUT2D eigenvalue weighted by Crippen LogP contribution is -2.36. The second-order valence-electron chi connectivity index (χ2n) is 6.80. The molecule has 7 nitrogen and oxygen atoms in total. The Morgan fingerprint density at radius 2 is 1.69 bits per heavy atom. The van der Waals surface area contributed by atoms with Gasteiger partial charge in [0.15, 0.2) is 0 Å². The number of ether oxygens (including phenoxy) is 1. The minimum absolute atomic E-state index is 0.264. The van der Waals surface area contributed by atoms with E-state index < -0.39 is 0 Å². The highest BCUT2D eigenvalue weighted by atomic mass is 16.5. The molecule has 0 atom stereocenters. The van der Waals surface area contributed by atoms with Gasteiger partial charge in [0.2, 0.25) is 0 Å². The maximum absolute atomic E-state index is 12.4. The lowest BCUT2D eigenvalue weighted by atomic mass is 10.2. The van der Waals surface area contributed by atoms with Gasteiger partial charge in [-0.25, -0.2) is 9.97 Å². The molecule has 2 heterocycles. The van der Waals surface area contributed by atoms with Crippen LogP contribution in [0.15, 0.2) is 60.9 Å². The molecule has 7 heteroatoms. The number of aryl methyl sites for hydroxylation is 1. The molecule has 0 spiro atoms. The number of carbonyl (C=O) groups excluding carboxylic acids is 1. The predicted octanol–water partition coefficient (Wildman–Crippen LogP) is 3.62. The van der Waals surface area contributed by atoms with E-state index in [-0.39, 0.29) is 11.6 Å². The average Bonchev–Trinajstić information content (AvgIpc) is 2.77. The van der Waals surface area contributed by atoms with Crippen LogP contribution < -0.4 is 15.5 Å². The molecule has 0 bridgehead atoms. The summed E-state index contributed by atoms with van der Waals surface area (Å²) in [6.07, 6.45) is 3.05. The number of benzene rings is 2. The summed E-state index contributed by atoms with van der Waals surface area (Å²) in [6.45, 7) is 5.09. The van der Waals surface area contributed by atoms with Crippen molar-refractivity contribution in [1.82, 2.24) is 9.97 Å². The molecule has 29 heavy (non-hydrogen) atoms. The first-order chi connectivity index (χ1) is 14.2. The summed E-state index contributed by atoms with van der Waals surface area (Å²) in [5, 5.41) is 6.17. The molecule has 3 aromatic rings. The maximum atomic E-state index is 12.4. The molecular weight excluding hydrogens is 366 g/mol. The second kappa shape index (κ2) is 8.70. The van der Waals surface area contributed by atoms with Crippen LogP contribution in [0.5, 0.6) is 0 Å². The third-order valence-electron chi connectivity index (χ3n) is 4.80. The Hall–Kier alpha value is -3.45. The van der Waals surface area contributed by atoms with Gasteiger partial charge in [0, 0.05) is 18.8 Å². The number of nitrogens with zero attached hydrogens (tertiary/aromatic N) is 3. The lowest BCUT2D eigenvalue weighted by molar-refractivity contribution is 0.102. The van der Waals surface area contributed by atoms with Crippen molar-refractivity contribution < 1.29 is 9.53 Å². The first kappa shape index (κ1) is 18.9. The zero-order valence-electron chi connectivity index (χ0n) is 16.3. The SMILES string of the molecule is Cc1ccccc1NC(=O)c1cnc(Nc2ccccc2N2CCOCC2)cn1. The van der Waals surface area contributed by atoms with Gasteiger partial charge < -0.3 is 20.3 Å². The van der Waals surface area contributed by atoms with Gasteiger partial charge in [-0.2, -0.15) is 0 Å². The van der Waals surface area contributed by atoms with E-state index in [0.29, 0.717) is 5.82 Å². The third kappa shape index (κ3) is 4.52. The van der Waals surface area contributed by atoms with E-state index >= 15 is 0 Å². The maximum Gasteiger partial charge on any atom is 0.275 e. The molecule has 1 amide bonds. The Kier molecular flexibility index (Phi) is 5.67. The number of carbonyl (C=O) groups is 1. The highest BCUT2D eigenvalue weighted by molar-refractivity contribution is 6.03. The monoisotopic (exact) mass is 389 g/mol. The molecule has 1 aliphatic heterocycles. The van der Waals surface area contributed by atoms with Gasteiger partial charge in [-0.05, 0) is 30.7 Å². The van der Waals surface area contributed by atoms with Crippen LogP contribution in [0, 0.1) is 6.92 Å². The van der Waals surface area contributed by atoms with Crippen LogP contribution in [0.25, 0.3) is 0 Å². The number of amides is 1. The van der Waals surface area contributed by atoms with Gasteiger partial charge >= 0.3 is 0 Å². The van der Waals surface area contributed by atoms with Crippen LogP contribution in [0.2, 0.25) is 0 Å². The van der Waals surface area contributed by atoms with Crippen molar-refractivity contribution in [2.24, 2.45) is 0 Å². The summed E-state index contributed by atoms with van der Waals surface area (Å²) in [7, 11) is 0. The molecular formula is C22H23N5O2. The predicted molar refractivity (Wildman–Crippen MR) is 114 cm³/mol. The van der Waals surface area contributed by atoms with Crippen molar-refractivity contribution in [2.75, 3.05) is 41.8 Å². The Balaban J connectivity index is 1.46. The molecule has 1 aromatic heterocycles. The lowest BCUT2D eigenvalue weighted by Gasteiger charge is -2.30. The smallest absolute Gasteiger partial charge is 0.275 e. The van der Waals surface area contributed by atoms with Crippen LogP contribution in [-0.4, -0.2) is 42.2 Å². The van der Waals surface area contributed by atoms with Crippen LogP contribution in [0.1, 0.15) is 16.1 Å². The summed E-state index contributed by atoms with van der Waals surface area (Å²) in [5.41, 5.74) is 4.06. The summed E-state index contributed by atoms with van der Waals surface area (Å²) in [6, 6.07) is 15.7. The Labute approximate surface area is 169 Å². The van der Waals surface area contributed by atoms with Crippen molar-refractivity contribution in [3.05, 3.63) is 72.2 Å². The van der Waals surface area contributed by atoms with Gasteiger partial charge in [-0.1, -0.05) is 30.3 Å². The van der Waals surface area contributed by atoms with E-state index in [2.05, 4.69) is 31.6 Å². The van der Waals surface area contributed by atoms with Crippen molar-refractivity contribution in [3.8, 4) is 0 Å². The highest BCUT2D eigenvalue weighted by Gasteiger charge is 2.15. The van der Waals surface area contributed by atoms with Crippen molar-refractivity contribution in [1.29, 1.82) is 0 Å². The largest absolute Gasteiger partial charge is 0.378 e. The zero-order chi connectivity index (χ0) is 20.1. The molecule has 1 aliphatic rings. The number of hydrogen-bond acceptors (Lipinski definition) is 6. The number of hydrogen-bond donors (Lipinski definition) is 2. The molecule has 0 aliphatic carbocycles. The van der Waals surface area contributed by atoms with E-state index in [9.17, 15) is 4.79 Å². The number of anilines is 4. The molecule has 0 saturated carbocycles. The molecule has 1 fully saturated rings. The van der Waals surface area contributed by atoms with E-state index in [1.165, 1.54) is 6.20 Å². The fraction of sp³-hybridized carbons (Fsp3) is 0.227. The van der Waals surface area contributed by atoms with Crippen molar-refractivity contribution in [3.63, 3.8) is 0 Å². The first-order valence-electron chi connectivity index (χ1n) is 9.58. The summed E-state index contributed by atoms with van der Waals surface area (Å²) in [5.74, 6) is 0.296. The third-order valence-corrected chi connectivity index (χ3v) is 4.80. The summed E-state index contributed by atoms with van der Waals surface area (Å²) in [4.78, 5) is 23.4. The number of nitrogens with one attached hydrogen (secondary N) is 2. The normalized spacial score (nSPS) is 13.8. The first-order valence-corrected chi connectivity index (χ1v) is 9.58. The van der Waals surface area contributed by atoms with Gasteiger partial charge in [0.05, 0.1) is 37.0 Å². The minimum atomic E-state index is -0.285. The van der Waals surface area contributed by atoms with E-state index in [4.69, 9.17) is 4.74 Å². The second-order valence-corrected chi connectivity index (χ2v) is 6.80. The number of aromatic nitrogens is 2. The standard InChI is InChI=1S/C22H23N5O2/c1-16-6-2-3-7-17(16)26-22(28)19-14-24-21(15-23-19)25-18-8-4-5-9-20(18)27-10-12-29-13-11-27/h2-9,14-15H,10-13H2,1H3,(H,24,25)(H,26,28). The van der Waals surface area contributed by atoms with Crippen LogP contribution in [0.4, 0.5) is 22.9 Å². The molecule has 2 aromatic carbocycles. The summed E-state index contributed by atoms with van der Waals surface area (Å²) < 4.78 is 5.44. The average molecular weight is 389 g/mol. The van der Waals surface area contributed by atoms with Crippen molar-refractivity contribution in [2.45, 2.75) is 6.92 Å². The van der Waals surface area contributed by atoms with Crippen LogP contribution in [0.3, 0.4) is 0 Å². The molecule has 2 N–H and O–H groups in total. The fourth-order valence-electron chi connectivity index (χ4n) is 3.21. The molecule has 4 rings (SSSR count). The highest BCUT2D eigenvalue weighted by Crippen LogP contribution is 2.28. The Morgan fingerprint density at radius 3 is 2.41 bits per heavy atom. The zero-order valence-corrected chi connectivity index (χ0v) is 16.3. The number of rotatable bonds is 5. The van der Waals surface area contributed by atoms with Gasteiger partial charge in [0.25, 0.3) is 5.91 Å². The number of morpholine rings is 1. The molecule has 0 unspecified atom stereocenters. The fourth-order valence-corrected chi connectivity index (χ4v) is 3.21. The van der Waals surface area contributed by atoms with Crippen molar-refractivity contribution >= 4 is 28.8 Å². The van der Waals surface area contributed by atoms with Gasteiger partial charge in [-0.3, -0.25) is 4.79 Å². The minimum Gasteiger partial charge on any atom is -0.378 e.